The van der Waals surface area contributed by atoms with Gasteiger partial charge in [-0.3, -0.25) is 4.79 Å². The van der Waals surface area contributed by atoms with Crippen molar-refractivity contribution in [1.82, 2.24) is 0 Å². The standard InChI is InChI=1S/C19H14N4O3S/c20-10-13-15(21)16(27-18(13)22-11-6-2-1-3-7-11)17(24)23-14-9-5-4-8-12(14)19(25)26/h1-9,22H,21H2,(H,23,24)(H,25,26). The predicted octanol–water partition coefficient (Wildman–Crippen LogP) is 3.90. The maximum absolute atomic E-state index is 12.6. The molecule has 0 saturated heterocycles. The lowest BCUT2D eigenvalue weighted by Crippen LogP contribution is -2.14. The molecule has 1 amide bonds. The fourth-order valence-electron chi connectivity index (χ4n) is 2.42. The molecule has 0 saturated carbocycles. The first kappa shape index (κ1) is 18.0. The Balaban J connectivity index is 1.92. The quantitative estimate of drug-likeness (QED) is 0.533. The van der Waals surface area contributed by atoms with Crippen molar-refractivity contribution in [2.24, 2.45) is 0 Å². The first-order valence-corrected chi connectivity index (χ1v) is 8.61. The van der Waals surface area contributed by atoms with E-state index in [0.29, 0.717) is 5.00 Å². The van der Waals surface area contributed by atoms with Gasteiger partial charge in [-0.05, 0) is 24.3 Å². The van der Waals surface area contributed by atoms with Crippen LogP contribution in [0.25, 0.3) is 0 Å². The van der Waals surface area contributed by atoms with Crippen LogP contribution in [-0.4, -0.2) is 17.0 Å². The molecule has 0 aliphatic heterocycles. The number of nitrogens with two attached hydrogens (primary N) is 1. The highest BCUT2D eigenvalue weighted by molar-refractivity contribution is 7.19. The summed E-state index contributed by atoms with van der Waals surface area (Å²) in [7, 11) is 0. The summed E-state index contributed by atoms with van der Waals surface area (Å²) < 4.78 is 0. The highest BCUT2D eigenvalue weighted by Crippen LogP contribution is 2.37. The summed E-state index contributed by atoms with van der Waals surface area (Å²) >= 11 is 1.03. The van der Waals surface area contributed by atoms with Crippen molar-refractivity contribution >= 4 is 45.3 Å². The number of hydrogen-bond donors (Lipinski definition) is 4. The second-order valence-electron chi connectivity index (χ2n) is 5.46. The van der Waals surface area contributed by atoms with Crippen LogP contribution in [0.5, 0.6) is 0 Å². The van der Waals surface area contributed by atoms with E-state index in [0.717, 1.165) is 17.0 Å². The summed E-state index contributed by atoms with van der Waals surface area (Å²) in [5, 5.41) is 24.7. The molecular weight excluding hydrogens is 364 g/mol. The Morgan fingerprint density at radius 2 is 1.74 bits per heavy atom. The van der Waals surface area contributed by atoms with Crippen molar-refractivity contribution < 1.29 is 14.7 Å². The van der Waals surface area contributed by atoms with Gasteiger partial charge in [-0.2, -0.15) is 5.26 Å². The van der Waals surface area contributed by atoms with Gasteiger partial charge in [0.15, 0.2) is 0 Å². The number of para-hydroxylation sites is 2. The van der Waals surface area contributed by atoms with Crippen LogP contribution >= 0.6 is 11.3 Å². The molecule has 1 heterocycles. The number of benzene rings is 2. The van der Waals surface area contributed by atoms with Crippen LogP contribution in [0.2, 0.25) is 0 Å². The average molecular weight is 378 g/mol. The van der Waals surface area contributed by atoms with Gasteiger partial charge in [0, 0.05) is 5.69 Å². The molecule has 8 heteroatoms. The molecule has 5 N–H and O–H groups in total. The molecule has 0 radical (unpaired) electrons. The molecule has 0 aliphatic rings. The highest BCUT2D eigenvalue weighted by atomic mass is 32.1. The monoisotopic (exact) mass is 378 g/mol. The summed E-state index contributed by atoms with van der Waals surface area (Å²) in [4.78, 5) is 24.1. The maximum atomic E-state index is 12.6. The molecular formula is C19H14N4O3S. The Bertz CT molecular complexity index is 1050. The third kappa shape index (κ3) is 3.73. The summed E-state index contributed by atoms with van der Waals surface area (Å²) in [6.07, 6.45) is 0. The number of nitrogens with zero attached hydrogens (tertiary/aromatic N) is 1. The van der Waals surface area contributed by atoms with Gasteiger partial charge in [0.05, 0.1) is 16.9 Å². The molecule has 0 spiro atoms. The van der Waals surface area contributed by atoms with Gasteiger partial charge in [-0.15, -0.1) is 11.3 Å². The van der Waals surface area contributed by atoms with Crippen molar-refractivity contribution in [2.75, 3.05) is 16.4 Å². The molecule has 134 valence electrons. The lowest BCUT2D eigenvalue weighted by Gasteiger charge is -2.07. The first-order valence-electron chi connectivity index (χ1n) is 7.79. The molecule has 27 heavy (non-hydrogen) atoms. The number of carbonyl (C=O) groups excluding carboxylic acids is 1. The van der Waals surface area contributed by atoms with Crippen LogP contribution in [0.3, 0.4) is 0 Å². The topological polar surface area (TPSA) is 128 Å². The van der Waals surface area contributed by atoms with E-state index in [2.05, 4.69) is 10.6 Å². The lowest BCUT2D eigenvalue weighted by molar-refractivity contribution is 0.0698. The van der Waals surface area contributed by atoms with E-state index in [1.165, 1.54) is 12.1 Å². The zero-order chi connectivity index (χ0) is 19.4. The Labute approximate surface area is 158 Å². The fraction of sp³-hybridized carbons (Fsp3) is 0. The number of rotatable bonds is 5. The van der Waals surface area contributed by atoms with Crippen molar-refractivity contribution in [3.63, 3.8) is 0 Å². The molecule has 3 rings (SSSR count). The van der Waals surface area contributed by atoms with Gasteiger partial charge in [0.25, 0.3) is 5.91 Å². The molecule has 0 unspecified atom stereocenters. The normalized spacial score (nSPS) is 10.0. The van der Waals surface area contributed by atoms with Crippen molar-refractivity contribution in [2.45, 2.75) is 0 Å². The van der Waals surface area contributed by atoms with E-state index in [1.807, 2.05) is 36.4 Å². The number of carboxylic acids is 1. The zero-order valence-electron chi connectivity index (χ0n) is 13.9. The first-order chi connectivity index (χ1) is 13.0. The van der Waals surface area contributed by atoms with Gasteiger partial charge in [-0.1, -0.05) is 30.3 Å². The van der Waals surface area contributed by atoms with E-state index in [-0.39, 0.29) is 27.4 Å². The van der Waals surface area contributed by atoms with E-state index >= 15 is 0 Å². The van der Waals surface area contributed by atoms with Crippen LogP contribution in [0.15, 0.2) is 54.6 Å². The minimum absolute atomic E-state index is 0.0379. The number of amides is 1. The average Bonchev–Trinajstić information content (AvgIpc) is 2.98. The SMILES string of the molecule is N#Cc1c(Nc2ccccc2)sc(C(=O)Nc2ccccc2C(=O)O)c1N. The number of carboxylic acid groups (broad SMARTS) is 1. The lowest BCUT2D eigenvalue weighted by atomic mass is 10.1. The smallest absolute Gasteiger partial charge is 0.337 e. The molecule has 3 aromatic rings. The Kier molecular flexibility index (Phi) is 5.06. The molecule has 1 aromatic heterocycles. The number of thiophene rings is 1. The van der Waals surface area contributed by atoms with Gasteiger partial charge < -0.3 is 21.5 Å². The predicted molar refractivity (Wildman–Crippen MR) is 105 cm³/mol. The summed E-state index contributed by atoms with van der Waals surface area (Å²) in [6, 6.07) is 17.2. The molecule has 0 fully saturated rings. The van der Waals surface area contributed by atoms with E-state index in [1.54, 1.807) is 12.1 Å². The zero-order valence-corrected chi connectivity index (χ0v) is 14.7. The second kappa shape index (κ2) is 7.59. The number of nitrogen functional groups attached to an aromatic ring is 1. The van der Waals surface area contributed by atoms with Crippen LogP contribution in [-0.2, 0) is 0 Å². The number of nitriles is 1. The summed E-state index contributed by atoms with van der Waals surface area (Å²) in [5.41, 5.74) is 7.07. The second-order valence-corrected chi connectivity index (χ2v) is 6.48. The number of hydrogen-bond acceptors (Lipinski definition) is 6. The third-order valence-electron chi connectivity index (χ3n) is 3.70. The van der Waals surface area contributed by atoms with Crippen molar-refractivity contribution in [3.05, 3.63) is 70.6 Å². The maximum Gasteiger partial charge on any atom is 0.337 e. The molecule has 0 bridgehead atoms. The highest BCUT2D eigenvalue weighted by Gasteiger charge is 2.22. The molecule has 7 nitrogen and oxygen atoms in total. The van der Waals surface area contributed by atoms with Gasteiger partial charge >= 0.3 is 5.97 Å². The van der Waals surface area contributed by atoms with Crippen LogP contribution in [0, 0.1) is 11.3 Å². The minimum atomic E-state index is -1.16. The van der Waals surface area contributed by atoms with E-state index < -0.39 is 11.9 Å². The fourth-order valence-corrected chi connectivity index (χ4v) is 3.41. The molecule has 2 aromatic carbocycles. The Morgan fingerprint density at radius 3 is 2.41 bits per heavy atom. The molecule has 0 aliphatic carbocycles. The van der Waals surface area contributed by atoms with E-state index in [9.17, 15) is 20.0 Å². The van der Waals surface area contributed by atoms with E-state index in [4.69, 9.17) is 5.73 Å². The Morgan fingerprint density at radius 1 is 1.07 bits per heavy atom. The largest absolute Gasteiger partial charge is 0.478 e. The molecule has 0 atom stereocenters. The van der Waals surface area contributed by atoms with Crippen LogP contribution in [0.1, 0.15) is 25.6 Å². The van der Waals surface area contributed by atoms with Crippen LogP contribution in [0.4, 0.5) is 22.1 Å². The van der Waals surface area contributed by atoms with Gasteiger partial charge in [-0.25, -0.2) is 4.79 Å². The van der Waals surface area contributed by atoms with Gasteiger partial charge in [0.2, 0.25) is 0 Å². The Hall–Kier alpha value is -3.83. The number of anilines is 4. The summed E-state index contributed by atoms with van der Waals surface area (Å²) in [5.74, 6) is -1.74. The number of nitrogens with one attached hydrogen (secondary N) is 2. The minimum Gasteiger partial charge on any atom is -0.478 e. The van der Waals surface area contributed by atoms with Crippen LogP contribution < -0.4 is 16.4 Å². The van der Waals surface area contributed by atoms with Crippen molar-refractivity contribution in [1.29, 1.82) is 5.26 Å². The third-order valence-corrected chi connectivity index (χ3v) is 4.82. The van der Waals surface area contributed by atoms with Crippen molar-refractivity contribution in [3.8, 4) is 6.07 Å². The summed E-state index contributed by atoms with van der Waals surface area (Å²) in [6.45, 7) is 0. The number of carbonyl (C=O) groups is 2. The number of aromatic carboxylic acids is 1. The van der Waals surface area contributed by atoms with Gasteiger partial charge in [0.1, 0.15) is 21.5 Å².